The van der Waals surface area contributed by atoms with Gasteiger partial charge in [0.25, 0.3) is 0 Å². The zero-order valence-corrected chi connectivity index (χ0v) is 35.8. The van der Waals surface area contributed by atoms with Crippen LogP contribution in [0.3, 0.4) is 0 Å². The number of alkyl carbamates (subject to hydrolysis) is 2. The summed E-state index contributed by atoms with van der Waals surface area (Å²) >= 11 is 0. The number of hydrogen-bond acceptors (Lipinski definition) is 8. The molecule has 4 N–H and O–H groups in total. The van der Waals surface area contributed by atoms with Crippen LogP contribution in [0, 0.1) is 17.8 Å². The van der Waals surface area contributed by atoms with E-state index in [0.717, 1.165) is 76.9 Å². The summed E-state index contributed by atoms with van der Waals surface area (Å²) in [5.74, 6) is 2.23. The maximum absolute atomic E-state index is 13.8. The standard InChI is InChI=1S/C47H56N8O6/c1-24(2)40(52-46(58)60-5)44(56)54-19-7-9-37(54)42-48-33-17-12-27(22-35(33)50-42)29-15-16-31(39-30-14-11-26(30)21-32(29)39)28-13-18-34-36(23-28)51-43(49-34)38-10-8-20-55(38)45(57)41(25(3)4)53-47(59)61-6/h12-13,15-18,22-26,30,37-38,40-41H,7-11,14,19-21H2,1-6H3,(H,48,50)(H,49,51)(H,52,58)(H,53,59)/t26?,30?,37-,38-,40-,41-/m0/s1. The molecule has 4 heterocycles. The summed E-state index contributed by atoms with van der Waals surface area (Å²) in [6, 6.07) is 15.6. The number of fused-ring (bicyclic) bond motifs is 5. The Bertz CT molecular complexity index is 2520. The Hall–Kier alpha value is -5.92. The fourth-order valence-electron chi connectivity index (χ4n) is 10.4. The number of H-pyrrole nitrogens is 2. The fraction of sp³-hybridized carbons (Fsp3) is 0.489. The van der Waals surface area contributed by atoms with Gasteiger partial charge in [0, 0.05) is 13.1 Å². The molecule has 5 aromatic rings. The van der Waals surface area contributed by atoms with Crippen molar-refractivity contribution in [2.45, 2.75) is 103 Å². The molecule has 3 aromatic carbocycles. The molecule has 4 aliphatic rings. The summed E-state index contributed by atoms with van der Waals surface area (Å²) in [7, 11) is 2.61. The minimum atomic E-state index is -0.690. The molecule has 9 rings (SSSR count). The minimum absolute atomic E-state index is 0.106. The van der Waals surface area contributed by atoms with Gasteiger partial charge in [-0.25, -0.2) is 19.6 Å². The van der Waals surface area contributed by atoms with Crippen molar-refractivity contribution in [1.82, 2.24) is 40.4 Å². The number of hydrogen-bond donors (Lipinski definition) is 4. The van der Waals surface area contributed by atoms with Crippen LogP contribution >= 0.6 is 0 Å². The first-order valence-corrected chi connectivity index (χ1v) is 21.9. The number of methoxy groups -OCH3 is 2. The van der Waals surface area contributed by atoms with E-state index in [0.29, 0.717) is 24.9 Å². The van der Waals surface area contributed by atoms with Crippen molar-refractivity contribution in [3.8, 4) is 22.3 Å². The number of ether oxygens (including phenoxy) is 2. The number of rotatable bonds is 10. The lowest BCUT2D eigenvalue weighted by molar-refractivity contribution is -0.136. The summed E-state index contributed by atoms with van der Waals surface area (Å²) in [6.07, 6.45) is 5.53. The van der Waals surface area contributed by atoms with E-state index < -0.39 is 24.3 Å². The zero-order chi connectivity index (χ0) is 42.7. The first-order chi connectivity index (χ1) is 29.4. The molecule has 14 nitrogen and oxygen atoms in total. The van der Waals surface area contributed by atoms with Gasteiger partial charge in [0.05, 0.1) is 48.4 Å². The van der Waals surface area contributed by atoms with Crippen molar-refractivity contribution >= 4 is 46.1 Å². The number of nitrogens with zero attached hydrogens (tertiary/aromatic N) is 4. The zero-order valence-electron chi connectivity index (χ0n) is 35.8. The summed E-state index contributed by atoms with van der Waals surface area (Å²) in [6.45, 7) is 8.88. The predicted octanol–water partition coefficient (Wildman–Crippen LogP) is 7.91. The van der Waals surface area contributed by atoms with E-state index >= 15 is 0 Å². The molecule has 0 bridgehead atoms. The van der Waals surface area contributed by atoms with E-state index in [1.165, 1.54) is 49.3 Å². The lowest BCUT2D eigenvalue weighted by Gasteiger charge is -2.31. The predicted molar refractivity (Wildman–Crippen MR) is 231 cm³/mol. The van der Waals surface area contributed by atoms with Crippen LogP contribution < -0.4 is 10.6 Å². The summed E-state index contributed by atoms with van der Waals surface area (Å²) in [5, 5.41) is 5.47. The van der Waals surface area contributed by atoms with E-state index in [1.54, 1.807) is 0 Å². The largest absolute Gasteiger partial charge is 0.453 e. The second kappa shape index (κ2) is 16.2. The number of aromatic nitrogens is 4. The number of benzene rings is 3. The van der Waals surface area contributed by atoms with Crippen molar-refractivity contribution in [2.75, 3.05) is 27.3 Å². The Kier molecular flexibility index (Phi) is 10.7. The van der Waals surface area contributed by atoms with Gasteiger partial charge in [0.2, 0.25) is 11.8 Å². The number of aromatic amines is 2. The topological polar surface area (TPSA) is 175 Å². The molecule has 1 saturated carbocycles. The lowest BCUT2D eigenvalue weighted by Crippen LogP contribution is -2.51. The molecule has 4 amide bonds. The van der Waals surface area contributed by atoms with Gasteiger partial charge in [-0.05, 0) is 126 Å². The first-order valence-electron chi connectivity index (χ1n) is 21.9. The summed E-state index contributed by atoms with van der Waals surface area (Å²) < 4.78 is 9.63. The Morgan fingerprint density at radius 3 is 1.62 bits per heavy atom. The van der Waals surface area contributed by atoms with Gasteiger partial charge in [-0.15, -0.1) is 0 Å². The minimum Gasteiger partial charge on any atom is -0.453 e. The third-order valence-corrected chi connectivity index (χ3v) is 13.7. The quantitative estimate of drug-likeness (QED) is 0.110. The molecule has 320 valence electrons. The maximum Gasteiger partial charge on any atom is 0.407 e. The van der Waals surface area contributed by atoms with Crippen LogP contribution in [0.15, 0.2) is 48.5 Å². The van der Waals surface area contributed by atoms with E-state index in [9.17, 15) is 19.2 Å². The average Bonchev–Trinajstić information content (AvgIpc) is 4.09. The maximum atomic E-state index is 13.8. The van der Waals surface area contributed by atoms with Crippen LogP contribution in [0.1, 0.15) is 107 Å². The van der Waals surface area contributed by atoms with Crippen molar-refractivity contribution in [1.29, 1.82) is 0 Å². The third-order valence-electron chi connectivity index (χ3n) is 13.7. The highest BCUT2D eigenvalue weighted by Crippen LogP contribution is 2.56. The van der Waals surface area contributed by atoms with Gasteiger partial charge in [-0.2, -0.15) is 0 Å². The Balaban J connectivity index is 0.992. The van der Waals surface area contributed by atoms with Gasteiger partial charge >= 0.3 is 12.2 Å². The lowest BCUT2D eigenvalue weighted by atomic mass is 9.73. The average molecular weight is 829 g/mol. The van der Waals surface area contributed by atoms with Crippen molar-refractivity contribution in [3.05, 3.63) is 71.3 Å². The van der Waals surface area contributed by atoms with Crippen LogP contribution in [0.4, 0.5) is 9.59 Å². The number of imidazole rings is 2. The first kappa shape index (κ1) is 40.5. The number of likely N-dealkylation sites (tertiary alicyclic amines) is 2. The SMILES string of the molecule is COC(=O)N[C@H](C(=O)N1CCC[C@H]1c1nc2ccc(-c3ccc(-c4ccc5nc([C@@H]6CCCN6C(=O)[C@@H](NC(=O)OC)C(C)C)[nH]c5c4)c4c3CC3CCC43)cc2[nH]1)C(C)C. The van der Waals surface area contributed by atoms with Crippen molar-refractivity contribution in [2.24, 2.45) is 17.8 Å². The van der Waals surface area contributed by atoms with Gasteiger partial charge in [0.15, 0.2) is 0 Å². The molecule has 6 atom stereocenters. The van der Waals surface area contributed by atoms with Gasteiger partial charge in [0.1, 0.15) is 23.7 Å². The molecule has 0 spiro atoms. The number of nitrogens with one attached hydrogen (secondary N) is 4. The van der Waals surface area contributed by atoms with Crippen LogP contribution in [0.5, 0.6) is 0 Å². The second-order valence-corrected chi connectivity index (χ2v) is 18.0. The highest BCUT2D eigenvalue weighted by molar-refractivity contribution is 5.90. The Morgan fingerprint density at radius 1 is 0.672 bits per heavy atom. The molecule has 14 heteroatoms. The van der Waals surface area contributed by atoms with Crippen LogP contribution in [-0.2, 0) is 25.5 Å². The van der Waals surface area contributed by atoms with E-state index in [-0.39, 0.29) is 35.7 Å². The molecule has 0 radical (unpaired) electrons. The molecule has 2 aromatic heterocycles. The Morgan fingerprint density at radius 2 is 1.16 bits per heavy atom. The molecule has 2 aliphatic carbocycles. The highest BCUT2D eigenvalue weighted by Gasteiger charge is 2.43. The summed E-state index contributed by atoms with van der Waals surface area (Å²) in [5.41, 5.74) is 11.2. The molecular weight excluding hydrogens is 773 g/mol. The highest BCUT2D eigenvalue weighted by atomic mass is 16.5. The monoisotopic (exact) mass is 828 g/mol. The molecule has 2 unspecified atom stereocenters. The van der Waals surface area contributed by atoms with E-state index in [2.05, 4.69) is 69.1 Å². The van der Waals surface area contributed by atoms with Crippen LogP contribution in [0.25, 0.3) is 44.3 Å². The molecule has 3 fully saturated rings. The smallest absolute Gasteiger partial charge is 0.407 e. The normalized spacial score (nSPS) is 21.7. The van der Waals surface area contributed by atoms with Crippen molar-refractivity contribution < 1.29 is 28.7 Å². The molecule has 2 saturated heterocycles. The number of amides is 4. The third kappa shape index (κ3) is 7.27. The second-order valence-electron chi connectivity index (χ2n) is 18.0. The molecule has 61 heavy (non-hydrogen) atoms. The van der Waals surface area contributed by atoms with Crippen LogP contribution in [-0.4, -0.2) is 93.1 Å². The summed E-state index contributed by atoms with van der Waals surface area (Å²) in [4.78, 5) is 72.6. The van der Waals surface area contributed by atoms with Crippen LogP contribution in [0.2, 0.25) is 0 Å². The van der Waals surface area contributed by atoms with Gasteiger partial charge < -0.3 is 39.9 Å². The number of carbonyl (C=O) groups excluding carboxylic acids is 4. The molecule has 2 aliphatic heterocycles. The van der Waals surface area contributed by atoms with E-state index in [1.807, 2.05) is 37.5 Å². The van der Waals surface area contributed by atoms with Crippen molar-refractivity contribution in [3.63, 3.8) is 0 Å². The molecular formula is C47H56N8O6. The fourth-order valence-corrected chi connectivity index (χ4v) is 10.4. The Labute approximate surface area is 355 Å². The van der Waals surface area contributed by atoms with Gasteiger partial charge in [-0.3, -0.25) is 9.59 Å². The van der Waals surface area contributed by atoms with Gasteiger partial charge in [-0.1, -0.05) is 52.0 Å². The number of carbonyl (C=O) groups is 4. The van der Waals surface area contributed by atoms with E-state index in [4.69, 9.17) is 19.4 Å².